The Balaban J connectivity index is 1.98. The van der Waals surface area contributed by atoms with Gasteiger partial charge in [0.1, 0.15) is 11.0 Å². The first kappa shape index (κ1) is 12.6. The monoisotopic (exact) mass is 378 g/mol. The number of fused-ring (bicyclic) bond motifs is 1. The minimum absolute atomic E-state index is 0.996. The second kappa shape index (κ2) is 5.04. The average molecular weight is 379 g/mol. The van der Waals surface area contributed by atoms with E-state index in [0.29, 0.717) is 0 Å². The zero-order valence-corrected chi connectivity index (χ0v) is 14.1. The number of hydrogen-bond donors (Lipinski definition) is 0. The summed E-state index contributed by atoms with van der Waals surface area (Å²) in [5.41, 5.74) is 4.32. The number of hydrogen-bond acceptors (Lipinski definition) is 5. The predicted molar refractivity (Wildman–Crippen MR) is 91.7 cm³/mol. The topological polar surface area (TPSA) is 25.8 Å². The quantitative estimate of drug-likeness (QED) is 0.433. The Hall–Kier alpha value is -1.08. The number of thiophene rings is 2. The molecule has 0 spiro atoms. The number of halogens is 1. The summed E-state index contributed by atoms with van der Waals surface area (Å²) in [6, 6.07) is 12.7. The van der Waals surface area contributed by atoms with Gasteiger partial charge in [-0.05, 0) is 39.5 Å². The number of benzene rings is 1. The molecule has 0 unspecified atom stereocenters. The molecule has 0 fully saturated rings. The molecule has 3 aromatic heterocycles. The van der Waals surface area contributed by atoms with E-state index in [1.54, 1.807) is 22.7 Å². The molecule has 0 amide bonds. The Morgan fingerprint density at radius 1 is 0.850 bits per heavy atom. The number of aromatic nitrogens is 2. The summed E-state index contributed by atoms with van der Waals surface area (Å²) in [5, 5.41) is 2.09. The lowest BCUT2D eigenvalue weighted by molar-refractivity contribution is 1.63. The van der Waals surface area contributed by atoms with E-state index in [4.69, 9.17) is 0 Å². The van der Waals surface area contributed by atoms with E-state index in [2.05, 4.69) is 66.5 Å². The summed E-state index contributed by atoms with van der Waals surface area (Å²) in [6.45, 7) is 0. The van der Waals surface area contributed by atoms with Crippen molar-refractivity contribution in [2.45, 2.75) is 0 Å². The molecule has 0 saturated carbocycles. The Labute approximate surface area is 136 Å². The molecule has 4 rings (SSSR count). The normalized spacial score (nSPS) is 11.2. The van der Waals surface area contributed by atoms with E-state index in [9.17, 15) is 0 Å². The summed E-state index contributed by atoms with van der Waals surface area (Å²) >= 11 is 8.24. The maximum atomic E-state index is 4.50. The average Bonchev–Trinajstić information content (AvgIpc) is 3.18. The van der Waals surface area contributed by atoms with Gasteiger partial charge in [-0.2, -0.15) is 8.75 Å². The molecule has 0 saturated heterocycles. The van der Waals surface area contributed by atoms with Crippen molar-refractivity contribution < 1.29 is 0 Å². The highest BCUT2D eigenvalue weighted by atomic mass is 79.9. The standard InChI is InChI=1S/C14H7BrN2S3/c15-12-6-5-11(19-12)9-4-3-8(10-2-1-7-18-10)13-14(9)17-20-16-13/h1-7H. The third kappa shape index (κ3) is 2.03. The van der Waals surface area contributed by atoms with E-state index >= 15 is 0 Å². The van der Waals surface area contributed by atoms with E-state index < -0.39 is 0 Å². The van der Waals surface area contributed by atoms with E-state index in [1.807, 2.05) is 0 Å². The van der Waals surface area contributed by atoms with E-state index in [0.717, 1.165) is 20.4 Å². The van der Waals surface area contributed by atoms with Crippen molar-refractivity contribution in [1.82, 2.24) is 8.75 Å². The fourth-order valence-corrected chi connectivity index (χ4v) is 4.89. The molecule has 2 nitrogen and oxygen atoms in total. The van der Waals surface area contributed by atoms with E-state index in [1.165, 1.54) is 27.0 Å². The van der Waals surface area contributed by atoms with Gasteiger partial charge < -0.3 is 0 Å². The van der Waals surface area contributed by atoms with Crippen LogP contribution in [0, 0.1) is 0 Å². The molecule has 20 heavy (non-hydrogen) atoms. The summed E-state index contributed by atoms with van der Waals surface area (Å²) in [5.74, 6) is 0. The maximum Gasteiger partial charge on any atom is 0.114 e. The van der Waals surface area contributed by atoms with Crippen LogP contribution in [-0.4, -0.2) is 8.75 Å². The summed E-state index contributed by atoms with van der Waals surface area (Å²) in [6.07, 6.45) is 0. The highest BCUT2D eigenvalue weighted by Gasteiger charge is 2.14. The molecule has 6 heteroatoms. The third-order valence-corrected chi connectivity index (χ3v) is 6.13. The SMILES string of the molecule is Brc1ccc(-c2ccc(-c3cccs3)c3nsnc23)s1. The Morgan fingerprint density at radius 3 is 2.20 bits per heavy atom. The van der Waals surface area contributed by atoms with Crippen molar-refractivity contribution in [2.24, 2.45) is 0 Å². The molecule has 0 radical (unpaired) electrons. The van der Waals surface area contributed by atoms with Gasteiger partial charge in [0.25, 0.3) is 0 Å². The van der Waals surface area contributed by atoms with Gasteiger partial charge in [-0.15, -0.1) is 22.7 Å². The summed E-state index contributed by atoms with van der Waals surface area (Å²) in [7, 11) is 0. The maximum absolute atomic E-state index is 4.50. The molecule has 3 heterocycles. The Kier molecular flexibility index (Phi) is 3.18. The zero-order valence-electron chi connectivity index (χ0n) is 10.0. The third-order valence-electron chi connectivity index (χ3n) is 3.04. The Morgan fingerprint density at radius 2 is 1.60 bits per heavy atom. The molecule has 0 aliphatic heterocycles. The van der Waals surface area contributed by atoms with Gasteiger partial charge in [0, 0.05) is 20.9 Å². The van der Waals surface area contributed by atoms with Crippen molar-refractivity contribution in [1.29, 1.82) is 0 Å². The lowest BCUT2D eigenvalue weighted by atomic mass is 10.1. The molecule has 4 aromatic rings. The van der Waals surface area contributed by atoms with Crippen LogP contribution in [0.3, 0.4) is 0 Å². The van der Waals surface area contributed by atoms with Gasteiger partial charge in [0.05, 0.1) is 15.5 Å². The van der Waals surface area contributed by atoms with Crippen molar-refractivity contribution in [3.8, 4) is 20.9 Å². The first-order chi connectivity index (χ1) is 9.83. The summed E-state index contributed by atoms with van der Waals surface area (Å²) < 4.78 is 10.1. The fourth-order valence-electron chi connectivity index (χ4n) is 2.16. The first-order valence-corrected chi connectivity index (χ1v) is 9.10. The minimum Gasteiger partial charge on any atom is -0.172 e. The molecule has 0 bridgehead atoms. The smallest absolute Gasteiger partial charge is 0.114 e. The highest BCUT2D eigenvalue weighted by molar-refractivity contribution is 9.11. The lowest BCUT2D eigenvalue weighted by Gasteiger charge is -2.03. The van der Waals surface area contributed by atoms with Crippen LogP contribution in [-0.2, 0) is 0 Å². The molecule has 1 aromatic carbocycles. The van der Waals surface area contributed by atoms with Crippen molar-refractivity contribution >= 4 is 61.4 Å². The minimum atomic E-state index is 0.996. The van der Waals surface area contributed by atoms with Gasteiger partial charge in [-0.3, -0.25) is 0 Å². The highest BCUT2D eigenvalue weighted by Crippen LogP contribution is 2.39. The van der Waals surface area contributed by atoms with Gasteiger partial charge in [0.15, 0.2) is 0 Å². The van der Waals surface area contributed by atoms with Crippen LogP contribution >= 0.6 is 50.3 Å². The lowest BCUT2D eigenvalue weighted by Crippen LogP contribution is -1.81. The first-order valence-electron chi connectivity index (χ1n) is 5.88. The Bertz CT molecular complexity index is 877. The molecular formula is C14H7BrN2S3. The van der Waals surface area contributed by atoms with Crippen LogP contribution in [0.1, 0.15) is 0 Å². The fraction of sp³-hybridized carbons (Fsp3) is 0. The molecule has 98 valence electrons. The van der Waals surface area contributed by atoms with Crippen molar-refractivity contribution in [2.75, 3.05) is 0 Å². The molecule has 0 N–H and O–H groups in total. The summed E-state index contributed by atoms with van der Waals surface area (Å²) in [4.78, 5) is 2.45. The van der Waals surface area contributed by atoms with Crippen LogP contribution in [0.25, 0.3) is 31.9 Å². The molecule has 0 atom stereocenters. The van der Waals surface area contributed by atoms with Gasteiger partial charge >= 0.3 is 0 Å². The molecule has 0 aliphatic rings. The zero-order chi connectivity index (χ0) is 13.5. The van der Waals surface area contributed by atoms with Gasteiger partial charge in [-0.1, -0.05) is 18.2 Å². The van der Waals surface area contributed by atoms with Crippen LogP contribution in [0.2, 0.25) is 0 Å². The van der Waals surface area contributed by atoms with Crippen molar-refractivity contribution in [3.05, 3.63) is 45.6 Å². The van der Waals surface area contributed by atoms with Crippen LogP contribution in [0.15, 0.2) is 45.6 Å². The van der Waals surface area contributed by atoms with Crippen LogP contribution in [0.5, 0.6) is 0 Å². The second-order valence-electron chi connectivity index (χ2n) is 4.20. The number of rotatable bonds is 2. The van der Waals surface area contributed by atoms with Gasteiger partial charge in [-0.25, -0.2) is 0 Å². The van der Waals surface area contributed by atoms with E-state index in [-0.39, 0.29) is 0 Å². The van der Waals surface area contributed by atoms with Crippen LogP contribution in [0.4, 0.5) is 0 Å². The predicted octanol–water partition coefficient (Wildman–Crippen LogP) is 5.91. The van der Waals surface area contributed by atoms with Crippen molar-refractivity contribution in [3.63, 3.8) is 0 Å². The second-order valence-corrected chi connectivity index (χ2v) is 8.14. The van der Waals surface area contributed by atoms with Crippen LogP contribution < -0.4 is 0 Å². The largest absolute Gasteiger partial charge is 0.172 e. The number of nitrogens with zero attached hydrogens (tertiary/aromatic N) is 2. The molecule has 0 aliphatic carbocycles. The van der Waals surface area contributed by atoms with Gasteiger partial charge in [0.2, 0.25) is 0 Å². The molecular weight excluding hydrogens is 372 g/mol.